The number of benzene rings is 1. The molecule has 26 heavy (non-hydrogen) atoms. The number of carbonyl (C=O) groups is 2. The van der Waals surface area contributed by atoms with Crippen LogP contribution >= 0.6 is 0 Å². The molecular weight excluding hydrogens is 338 g/mol. The van der Waals surface area contributed by atoms with Gasteiger partial charge in [-0.05, 0) is 19.1 Å². The number of nitrogens with one attached hydrogen (secondary N) is 1. The van der Waals surface area contributed by atoms with E-state index >= 15 is 0 Å². The standard InChI is InChI=1S/C18H27N3O5/c1-3-25-18(23)21-11-9-20(10-12-21)14-17(22)19-8-13-26-16-7-5-4-6-15(16)24-2/h4-7H,3,8-14H2,1-2H3,(H,19,22). The molecule has 1 aliphatic heterocycles. The SMILES string of the molecule is CCOC(=O)N1CCN(CC(=O)NCCOc2ccccc2OC)CC1. The third kappa shape index (κ3) is 6.11. The highest BCUT2D eigenvalue weighted by molar-refractivity contribution is 5.78. The van der Waals surface area contributed by atoms with E-state index in [4.69, 9.17) is 14.2 Å². The second kappa shape index (κ2) is 10.5. The number of ether oxygens (including phenoxy) is 3. The van der Waals surface area contributed by atoms with Crippen LogP contribution < -0.4 is 14.8 Å². The minimum atomic E-state index is -0.287. The monoisotopic (exact) mass is 365 g/mol. The molecule has 1 fully saturated rings. The van der Waals surface area contributed by atoms with Crippen molar-refractivity contribution in [3.8, 4) is 11.5 Å². The Hall–Kier alpha value is -2.48. The Kier molecular flexibility index (Phi) is 8.01. The number of carbonyl (C=O) groups excluding carboxylic acids is 2. The minimum absolute atomic E-state index is 0.0572. The molecule has 1 aromatic carbocycles. The number of hydrogen-bond donors (Lipinski definition) is 1. The normalized spacial score (nSPS) is 14.6. The molecule has 2 amide bonds. The van der Waals surface area contributed by atoms with Crippen LogP contribution in [-0.4, -0.2) is 81.4 Å². The predicted molar refractivity (Wildman–Crippen MR) is 96.5 cm³/mol. The third-order valence-corrected chi connectivity index (χ3v) is 4.02. The summed E-state index contributed by atoms with van der Waals surface area (Å²) in [6.45, 7) is 5.71. The number of nitrogens with zero attached hydrogens (tertiary/aromatic N) is 2. The van der Waals surface area contributed by atoms with Gasteiger partial charge in [0.05, 0.1) is 26.8 Å². The fourth-order valence-corrected chi connectivity index (χ4v) is 2.65. The van der Waals surface area contributed by atoms with E-state index < -0.39 is 0 Å². The zero-order chi connectivity index (χ0) is 18.8. The van der Waals surface area contributed by atoms with Crippen molar-refractivity contribution in [1.82, 2.24) is 15.1 Å². The Morgan fingerprint density at radius 3 is 2.46 bits per heavy atom. The molecule has 8 heteroatoms. The summed E-state index contributed by atoms with van der Waals surface area (Å²) in [5, 5.41) is 2.84. The van der Waals surface area contributed by atoms with Gasteiger partial charge in [-0.2, -0.15) is 0 Å². The van der Waals surface area contributed by atoms with Gasteiger partial charge in [0.2, 0.25) is 5.91 Å². The summed E-state index contributed by atoms with van der Waals surface area (Å²) in [5.74, 6) is 1.26. The minimum Gasteiger partial charge on any atom is -0.493 e. The molecule has 8 nitrogen and oxygen atoms in total. The van der Waals surface area contributed by atoms with Crippen LogP contribution in [0.4, 0.5) is 4.79 Å². The Labute approximate surface area is 154 Å². The van der Waals surface area contributed by atoms with E-state index in [0.29, 0.717) is 64.0 Å². The smallest absolute Gasteiger partial charge is 0.409 e. The van der Waals surface area contributed by atoms with Crippen molar-refractivity contribution in [3.05, 3.63) is 24.3 Å². The molecule has 144 valence electrons. The molecule has 1 N–H and O–H groups in total. The molecular formula is C18H27N3O5. The number of rotatable bonds is 8. The van der Waals surface area contributed by atoms with Gasteiger partial charge in [-0.25, -0.2) is 4.79 Å². The summed E-state index contributed by atoms with van der Waals surface area (Å²) >= 11 is 0. The lowest BCUT2D eigenvalue weighted by molar-refractivity contribution is -0.122. The first kappa shape index (κ1) is 19.8. The Bertz CT molecular complexity index is 588. The number of amides is 2. The van der Waals surface area contributed by atoms with E-state index in [2.05, 4.69) is 5.32 Å². The van der Waals surface area contributed by atoms with Crippen LogP contribution in [-0.2, 0) is 9.53 Å². The van der Waals surface area contributed by atoms with E-state index in [1.54, 1.807) is 18.9 Å². The number of para-hydroxylation sites is 2. The highest BCUT2D eigenvalue weighted by Gasteiger charge is 2.22. The van der Waals surface area contributed by atoms with Crippen LogP contribution in [0.1, 0.15) is 6.92 Å². The van der Waals surface area contributed by atoms with Gasteiger partial charge in [0.1, 0.15) is 6.61 Å². The maximum Gasteiger partial charge on any atom is 0.409 e. The molecule has 1 aromatic rings. The Balaban J connectivity index is 1.62. The predicted octanol–water partition coefficient (Wildman–Crippen LogP) is 0.964. The zero-order valence-corrected chi connectivity index (χ0v) is 15.4. The van der Waals surface area contributed by atoms with Crippen molar-refractivity contribution in [3.63, 3.8) is 0 Å². The summed E-state index contributed by atoms with van der Waals surface area (Å²) in [4.78, 5) is 27.4. The lowest BCUT2D eigenvalue weighted by Crippen LogP contribution is -2.51. The van der Waals surface area contributed by atoms with Gasteiger partial charge in [0.25, 0.3) is 0 Å². The van der Waals surface area contributed by atoms with Crippen LogP contribution in [0, 0.1) is 0 Å². The van der Waals surface area contributed by atoms with Crippen LogP contribution in [0.3, 0.4) is 0 Å². The van der Waals surface area contributed by atoms with Crippen LogP contribution in [0.15, 0.2) is 24.3 Å². The fourth-order valence-electron chi connectivity index (χ4n) is 2.65. The molecule has 0 radical (unpaired) electrons. The van der Waals surface area contributed by atoms with Gasteiger partial charge in [0.15, 0.2) is 11.5 Å². The van der Waals surface area contributed by atoms with Gasteiger partial charge in [-0.3, -0.25) is 9.69 Å². The summed E-state index contributed by atoms with van der Waals surface area (Å²) < 4.78 is 15.8. The molecule has 2 rings (SSSR count). The zero-order valence-electron chi connectivity index (χ0n) is 15.4. The van der Waals surface area contributed by atoms with E-state index in [1.165, 1.54) is 0 Å². The molecule has 1 saturated heterocycles. The molecule has 1 heterocycles. The van der Waals surface area contributed by atoms with E-state index in [9.17, 15) is 9.59 Å². The highest BCUT2D eigenvalue weighted by atomic mass is 16.6. The average Bonchev–Trinajstić information content (AvgIpc) is 2.66. The van der Waals surface area contributed by atoms with Crippen molar-refractivity contribution in [2.24, 2.45) is 0 Å². The second-order valence-electron chi connectivity index (χ2n) is 5.81. The third-order valence-electron chi connectivity index (χ3n) is 4.02. The topological polar surface area (TPSA) is 80.3 Å². The first-order valence-corrected chi connectivity index (χ1v) is 8.80. The maximum atomic E-state index is 12.0. The Morgan fingerprint density at radius 2 is 1.81 bits per heavy atom. The van der Waals surface area contributed by atoms with Crippen molar-refractivity contribution in [2.75, 3.05) is 59.6 Å². The van der Waals surface area contributed by atoms with Crippen molar-refractivity contribution < 1.29 is 23.8 Å². The van der Waals surface area contributed by atoms with Crippen LogP contribution in [0.25, 0.3) is 0 Å². The highest BCUT2D eigenvalue weighted by Crippen LogP contribution is 2.25. The summed E-state index contributed by atoms with van der Waals surface area (Å²) in [6, 6.07) is 7.38. The fraction of sp³-hybridized carbons (Fsp3) is 0.556. The molecule has 0 spiro atoms. The van der Waals surface area contributed by atoms with Gasteiger partial charge in [-0.15, -0.1) is 0 Å². The number of methoxy groups -OCH3 is 1. The molecule has 0 aliphatic carbocycles. The first-order chi connectivity index (χ1) is 12.6. The van der Waals surface area contributed by atoms with Crippen LogP contribution in [0.5, 0.6) is 11.5 Å². The maximum absolute atomic E-state index is 12.0. The quantitative estimate of drug-likeness (QED) is 0.692. The number of piperazine rings is 1. The largest absolute Gasteiger partial charge is 0.493 e. The summed E-state index contributed by atoms with van der Waals surface area (Å²) in [7, 11) is 1.59. The second-order valence-corrected chi connectivity index (χ2v) is 5.81. The first-order valence-electron chi connectivity index (χ1n) is 8.80. The van der Waals surface area contributed by atoms with Gasteiger partial charge in [-0.1, -0.05) is 12.1 Å². The molecule has 0 aromatic heterocycles. The molecule has 1 aliphatic rings. The van der Waals surface area contributed by atoms with Gasteiger partial charge in [0, 0.05) is 26.2 Å². The Morgan fingerprint density at radius 1 is 1.12 bits per heavy atom. The van der Waals surface area contributed by atoms with Crippen molar-refractivity contribution in [1.29, 1.82) is 0 Å². The molecule has 0 bridgehead atoms. The summed E-state index contributed by atoms with van der Waals surface area (Å²) in [6.07, 6.45) is -0.287. The van der Waals surface area contributed by atoms with Crippen LogP contribution in [0.2, 0.25) is 0 Å². The molecule has 0 saturated carbocycles. The van der Waals surface area contributed by atoms with Gasteiger partial charge >= 0.3 is 6.09 Å². The molecule has 0 unspecified atom stereocenters. The van der Waals surface area contributed by atoms with Crippen molar-refractivity contribution >= 4 is 12.0 Å². The lowest BCUT2D eigenvalue weighted by Gasteiger charge is -2.33. The number of hydrogen-bond acceptors (Lipinski definition) is 6. The van der Waals surface area contributed by atoms with E-state index in [1.807, 2.05) is 29.2 Å². The molecule has 0 atom stereocenters. The lowest BCUT2D eigenvalue weighted by atomic mass is 10.3. The summed E-state index contributed by atoms with van der Waals surface area (Å²) in [5.41, 5.74) is 0. The van der Waals surface area contributed by atoms with E-state index in [-0.39, 0.29) is 12.0 Å². The van der Waals surface area contributed by atoms with Crippen molar-refractivity contribution in [2.45, 2.75) is 6.92 Å². The average molecular weight is 365 g/mol. The van der Waals surface area contributed by atoms with Gasteiger partial charge < -0.3 is 24.4 Å². The van der Waals surface area contributed by atoms with E-state index in [0.717, 1.165) is 0 Å².